The van der Waals surface area contributed by atoms with Gasteiger partial charge in [0.15, 0.2) is 0 Å². The Bertz CT molecular complexity index is 297. The smallest absolute Gasteiger partial charge is 0.0479 e. The van der Waals surface area contributed by atoms with E-state index in [1.807, 2.05) is 30.4 Å². The summed E-state index contributed by atoms with van der Waals surface area (Å²) in [5.41, 5.74) is 1.01. The van der Waals surface area contributed by atoms with E-state index in [1.165, 1.54) is 0 Å². The van der Waals surface area contributed by atoms with Crippen molar-refractivity contribution >= 4 is 46.2 Å². The zero-order valence-corrected chi connectivity index (χ0v) is 9.53. The van der Waals surface area contributed by atoms with Crippen molar-refractivity contribution in [2.75, 3.05) is 5.75 Å². The van der Waals surface area contributed by atoms with Crippen LogP contribution in [0.25, 0.3) is 6.08 Å². The van der Waals surface area contributed by atoms with Crippen molar-refractivity contribution in [3.05, 3.63) is 39.3 Å². The van der Waals surface area contributed by atoms with Crippen molar-refractivity contribution in [3.8, 4) is 0 Å². The van der Waals surface area contributed by atoms with Gasteiger partial charge in [0.1, 0.15) is 0 Å². The van der Waals surface area contributed by atoms with E-state index in [2.05, 4.69) is 28.6 Å². The van der Waals surface area contributed by atoms with Gasteiger partial charge in [0.25, 0.3) is 0 Å². The standard InChI is InChI=1S/C9H8BrClS/c10-8-3-4-9(11)7(6-8)2-1-5-12/h1-4,6,12H,5H2. The molecule has 0 saturated heterocycles. The number of halogens is 2. The molecule has 0 spiro atoms. The van der Waals surface area contributed by atoms with Gasteiger partial charge >= 0.3 is 0 Å². The molecular weight excluding hydrogens is 256 g/mol. The van der Waals surface area contributed by atoms with Crippen molar-refractivity contribution in [2.24, 2.45) is 0 Å². The second-order valence-corrected chi connectivity index (χ2v) is 3.94. The van der Waals surface area contributed by atoms with Gasteiger partial charge in [-0.1, -0.05) is 39.7 Å². The van der Waals surface area contributed by atoms with Gasteiger partial charge in [-0.05, 0) is 23.8 Å². The quantitative estimate of drug-likeness (QED) is 0.765. The van der Waals surface area contributed by atoms with Gasteiger partial charge in [0.2, 0.25) is 0 Å². The number of benzene rings is 1. The Balaban J connectivity index is 2.97. The van der Waals surface area contributed by atoms with Crippen LogP contribution in [0.3, 0.4) is 0 Å². The molecule has 64 valence electrons. The zero-order valence-electron chi connectivity index (χ0n) is 6.30. The van der Waals surface area contributed by atoms with Gasteiger partial charge < -0.3 is 0 Å². The zero-order chi connectivity index (χ0) is 8.97. The molecule has 0 radical (unpaired) electrons. The fourth-order valence-electron chi connectivity index (χ4n) is 0.822. The average Bonchev–Trinajstić information content (AvgIpc) is 2.07. The minimum atomic E-state index is 0.725. The summed E-state index contributed by atoms with van der Waals surface area (Å²) in [6, 6.07) is 5.76. The molecule has 0 saturated carbocycles. The minimum Gasteiger partial charge on any atom is -0.175 e. The summed E-state index contributed by atoms with van der Waals surface area (Å²) in [6.45, 7) is 0. The van der Waals surface area contributed by atoms with Crippen molar-refractivity contribution in [1.29, 1.82) is 0 Å². The number of hydrogen-bond acceptors (Lipinski definition) is 1. The van der Waals surface area contributed by atoms with Crippen molar-refractivity contribution < 1.29 is 0 Å². The van der Waals surface area contributed by atoms with E-state index in [9.17, 15) is 0 Å². The summed E-state index contributed by atoms with van der Waals surface area (Å²) in [5, 5.41) is 0.760. The van der Waals surface area contributed by atoms with E-state index in [0.29, 0.717) is 0 Å². The molecule has 0 amide bonds. The summed E-state index contributed by atoms with van der Waals surface area (Å²) in [7, 11) is 0. The Labute approximate surface area is 91.2 Å². The SMILES string of the molecule is SCC=Cc1cc(Br)ccc1Cl. The van der Waals surface area contributed by atoms with Crippen LogP contribution in [-0.2, 0) is 0 Å². The molecule has 0 aliphatic carbocycles. The van der Waals surface area contributed by atoms with Crippen LogP contribution in [0.2, 0.25) is 5.02 Å². The van der Waals surface area contributed by atoms with Crippen molar-refractivity contribution in [1.82, 2.24) is 0 Å². The maximum Gasteiger partial charge on any atom is 0.0479 e. The van der Waals surface area contributed by atoms with Crippen LogP contribution in [0.5, 0.6) is 0 Å². The highest BCUT2D eigenvalue weighted by atomic mass is 79.9. The summed E-state index contributed by atoms with van der Waals surface area (Å²) in [5.74, 6) is 0.725. The second-order valence-electron chi connectivity index (χ2n) is 2.25. The molecule has 3 heteroatoms. The highest BCUT2D eigenvalue weighted by molar-refractivity contribution is 9.10. The van der Waals surface area contributed by atoms with E-state index >= 15 is 0 Å². The Kier molecular flexibility index (Phi) is 4.19. The van der Waals surface area contributed by atoms with Crippen LogP contribution in [0.15, 0.2) is 28.7 Å². The van der Waals surface area contributed by atoms with E-state index in [0.717, 1.165) is 20.8 Å². The van der Waals surface area contributed by atoms with Gasteiger partial charge in [-0.3, -0.25) is 0 Å². The lowest BCUT2D eigenvalue weighted by Gasteiger charge is -1.97. The van der Waals surface area contributed by atoms with Crippen LogP contribution in [0.1, 0.15) is 5.56 Å². The third kappa shape index (κ3) is 2.85. The molecule has 0 N–H and O–H groups in total. The van der Waals surface area contributed by atoms with Crippen molar-refractivity contribution in [2.45, 2.75) is 0 Å². The lowest BCUT2D eigenvalue weighted by Crippen LogP contribution is -1.75. The van der Waals surface area contributed by atoms with Crippen LogP contribution < -0.4 is 0 Å². The first kappa shape index (κ1) is 10.2. The molecule has 1 rings (SSSR count). The summed E-state index contributed by atoms with van der Waals surface area (Å²) >= 11 is 13.4. The van der Waals surface area contributed by atoms with Crippen LogP contribution in [0, 0.1) is 0 Å². The molecule has 0 fully saturated rings. The largest absolute Gasteiger partial charge is 0.175 e. The molecular formula is C9H8BrClS. The third-order valence-corrected chi connectivity index (χ3v) is 2.41. The molecule has 0 unspecified atom stereocenters. The van der Waals surface area contributed by atoms with E-state index < -0.39 is 0 Å². The minimum absolute atomic E-state index is 0.725. The first-order valence-corrected chi connectivity index (χ1v) is 5.27. The summed E-state index contributed by atoms with van der Waals surface area (Å²) in [4.78, 5) is 0. The first-order chi connectivity index (χ1) is 5.74. The Morgan fingerprint density at radius 3 is 2.92 bits per heavy atom. The van der Waals surface area contributed by atoms with Gasteiger partial charge in [-0.25, -0.2) is 0 Å². The number of thiol groups is 1. The molecule has 0 aliphatic heterocycles. The maximum atomic E-state index is 5.93. The molecule has 0 atom stereocenters. The predicted molar refractivity (Wildman–Crippen MR) is 62.0 cm³/mol. The normalized spacial score (nSPS) is 10.9. The van der Waals surface area contributed by atoms with Crippen molar-refractivity contribution in [3.63, 3.8) is 0 Å². The highest BCUT2D eigenvalue weighted by Crippen LogP contribution is 2.21. The molecule has 1 aromatic carbocycles. The van der Waals surface area contributed by atoms with Gasteiger partial charge in [-0.2, -0.15) is 12.6 Å². The average molecular weight is 264 g/mol. The lowest BCUT2D eigenvalue weighted by molar-refractivity contribution is 1.60. The molecule has 0 aliphatic rings. The fourth-order valence-corrected chi connectivity index (χ4v) is 1.49. The molecule has 0 aromatic heterocycles. The Hall–Kier alpha value is 0.0800. The summed E-state index contributed by atoms with van der Waals surface area (Å²) < 4.78 is 1.03. The van der Waals surface area contributed by atoms with Gasteiger partial charge in [-0.15, -0.1) is 0 Å². The Morgan fingerprint density at radius 1 is 1.50 bits per heavy atom. The first-order valence-electron chi connectivity index (χ1n) is 3.46. The monoisotopic (exact) mass is 262 g/mol. The van der Waals surface area contributed by atoms with E-state index in [-0.39, 0.29) is 0 Å². The van der Waals surface area contributed by atoms with Gasteiger partial charge in [0, 0.05) is 15.2 Å². The molecule has 0 heterocycles. The third-order valence-electron chi connectivity index (χ3n) is 1.36. The molecule has 12 heavy (non-hydrogen) atoms. The Morgan fingerprint density at radius 2 is 2.25 bits per heavy atom. The number of rotatable bonds is 2. The van der Waals surface area contributed by atoms with Gasteiger partial charge in [0.05, 0.1) is 0 Å². The highest BCUT2D eigenvalue weighted by Gasteiger charge is 1.95. The lowest BCUT2D eigenvalue weighted by atomic mass is 10.2. The number of hydrogen-bond donors (Lipinski definition) is 1. The van der Waals surface area contributed by atoms with E-state index in [1.54, 1.807) is 0 Å². The van der Waals surface area contributed by atoms with Crippen LogP contribution >= 0.6 is 40.2 Å². The van der Waals surface area contributed by atoms with Crippen LogP contribution in [0.4, 0.5) is 0 Å². The molecule has 1 aromatic rings. The summed E-state index contributed by atoms with van der Waals surface area (Å²) in [6.07, 6.45) is 3.91. The molecule has 0 nitrogen and oxygen atoms in total. The maximum absolute atomic E-state index is 5.93. The molecule has 0 bridgehead atoms. The topological polar surface area (TPSA) is 0 Å². The fraction of sp³-hybridized carbons (Fsp3) is 0.111. The second kappa shape index (κ2) is 4.95. The predicted octanol–water partition coefficient (Wildman–Crippen LogP) is 4.05. The van der Waals surface area contributed by atoms with E-state index in [4.69, 9.17) is 11.6 Å². The van der Waals surface area contributed by atoms with Crippen LogP contribution in [-0.4, -0.2) is 5.75 Å².